The summed E-state index contributed by atoms with van der Waals surface area (Å²) in [4.78, 5) is 13.7. The molecule has 0 aliphatic rings. The van der Waals surface area contributed by atoms with Crippen LogP contribution in [0.1, 0.15) is 10.4 Å². The molecule has 3 nitrogen and oxygen atoms in total. The highest BCUT2D eigenvalue weighted by molar-refractivity contribution is 9.10. The minimum atomic E-state index is -0.436. The molecule has 0 heterocycles. The van der Waals surface area contributed by atoms with Gasteiger partial charge in [-0.15, -0.1) is 0 Å². The number of benzene rings is 2. The van der Waals surface area contributed by atoms with E-state index in [1.54, 1.807) is 44.4 Å². The van der Waals surface area contributed by atoms with Gasteiger partial charge in [-0.2, -0.15) is 0 Å². The number of carbonyl (C=O) groups is 1. The summed E-state index contributed by atoms with van der Waals surface area (Å²) in [7, 11) is 3.33. The number of hydrogen-bond acceptors (Lipinski definition) is 2. The zero-order chi connectivity index (χ0) is 14.7. The number of rotatable bonds is 3. The molecule has 2 rings (SSSR count). The lowest BCUT2D eigenvalue weighted by Crippen LogP contribution is -2.27. The lowest BCUT2D eigenvalue weighted by Gasteiger charge is -2.18. The molecular weight excluding hydrogens is 323 g/mol. The topological polar surface area (TPSA) is 32.3 Å². The van der Waals surface area contributed by atoms with Crippen LogP contribution < -0.4 is 10.2 Å². The van der Waals surface area contributed by atoms with E-state index in [2.05, 4.69) is 21.2 Å². The van der Waals surface area contributed by atoms with Gasteiger partial charge in [0.25, 0.3) is 5.91 Å². The van der Waals surface area contributed by atoms with Crippen molar-refractivity contribution in [2.24, 2.45) is 0 Å². The molecule has 2 aromatic carbocycles. The van der Waals surface area contributed by atoms with Gasteiger partial charge >= 0.3 is 0 Å². The summed E-state index contributed by atoms with van der Waals surface area (Å²) in [5.41, 5.74) is 1.57. The summed E-state index contributed by atoms with van der Waals surface area (Å²) >= 11 is 3.28. The van der Waals surface area contributed by atoms with E-state index >= 15 is 0 Å². The van der Waals surface area contributed by atoms with Crippen molar-refractivity contribution in [2.75, 3.05) is 24.3 Å². The van der Waals surface area contributed by atoms with Crippen molar-refractivity contribution in [3.05, 3.63) is 58.3 Å². The van der Waals surface area contributed by atoms with Gasteiger partial charge in [-0.3, -0.25) is 4.79 Å². The average molecular weight is 337 g/mol. The minimum Gasteiger partial charge on any atom is -0.388 e. The molecule has 0 aliphatic carbocycles. The highest BCUT2D eigenvalue weighted by Gasteiger charge is 2.17. The van der Waals surface area contributed by atoms with E-state index < -0.39 is 5.82 Å². The van der Waals surface area contributed by atoms with E-state index in [-0.39, 0.29) is 11.6 Å². The van der Waals surface area contributed by atoms with Gasteiger partial charge in [0.2, 0.25) is 0 Å². The largest absolute Gasteiger partial charge is 0.388 e. The van der Waals surface area contributed by atoms with E-state index in [1.165, 1.54) is 11.0 Å². The Morgan fingerprint density at radius 2 is 2.00 bits per heavy atom. The molecule has 0 aromatic heterocycles. The number of hydrogen-bond donors (Lipinski definition) is 1. The van der Waals surface area contributed by atoms with Crippen molar-refractivity contribution in [3.8, 4) is 0 Å². The van der Waals surface area contributed by atoms with E-state index in [0.717, 1.165) is 10.2 Å². The fraction of sp³-hybridized carbons (Fsp3) is 0.133. The van der Waals surface area contributed by atoms with Crippen LogP contribution in [0.5, 0.6) is 0 Å². The van der Waals surface area contributed by atoms with Gasteiger partial charge in [0.1, 0.15) is 5.82 Å². The first-order valence-electron chi connectivity index (χ1n) is 6.04. The highest BCUT2D eigenvalue weighted by atomic mass is 79.9. The summed E-state index contributed by atoms with van der Waals surface area (Å²) in [6, 6.07) is 11.6. The summed E-state index contributed by atoms with van der Waals surface area (Å²) in [5, 5.41) is 2.97. The smallest absolute Gasteiger partial charge is 0.258 e. The van der Waals surface area contributed by atoms with Crippen molar-refractivity contribution in [1.29, 1.82) is 0 Å². The summed E-state index contributed by atoms with van der Waals surface area (Å²) in [5.74, 6) is -0.701. The second-order valence-corrected chi connectivity index (χ2v) is 5.21. The van der Waals surface area contributed by atoms with Gasteiger partial charge < -0.3 is 10.2 Å². The third-order valence-corrected chi connectivity index (χ3v) is 3.47. The highest BCUT2D eigenvalue weighted by Crippen LogP contribution is 2.24. The van der Waals surface area contributed by atoms with Crippen molar-refractivity contribution in [2.45, 2.75) is 0 Å². The number of halogens is 2. The van der Waals surface area contributed by atoms with E-state index in [1.807, 2.05) is 6.07 Å². The van der Waals surface area contributed by atoms with Crippen LogP contribution in [0.2, 0.25) is 0 Å². The van der Waals surface area contributed by atoms with Crippen LogP contribution in [0.4, 0.5) is 15.8 Å². The summed E-state index contributed by atoms with van der Waals surface area (Å²) in [6.07, 6.45) is 0. The number of anilines is 2. The average Bonchev–Trinajstić information content (AvgIpc) is 2.48. The maximum Gasteiger partial charge on any atom is 0.258 e. The van der Waals surface area contributed by atoms with Crippen molar-refractivity contribution < 1.29 is 9.18 Å². The fourth-order valence-corrected chi connectivity index (χ4v) is 2.20. The zero-order valence-corrected chi connectivity index (χ0v) is 12.7. The summed E-state index contributed by atoms with van der Waals surface area (Å²) in [6.45, 7) is 0. The normalized spacial score (nSPS) is 10.2. The Hall–Kier alpha value is -1.88. The number of carbonyl (C=O) groups excluding carboxylic acids is 1. The van der Waals surface area contributed by atoms with Crippen LogP contribution in [0.25, 0.3) is 0 Å². The number of amides is 1. The van der Waals surface area contributed by atoms with E-state index in [4.69, 9.17) is 0 Å². The molecule has 1 amide bonds. The molecule has 20 heavy (non-hydrogen) atoms. The SMILES string of the molecule is CNc1cccc(C(=O)N(C)c2cc(Br)ccc2F)c1. The Kier molecular flexibility index (Phi) is 4.39. The van der Waals surface area contributed by atoms with Gasteiger partial charge in [0.05, 0.1) is 5.69 Å². The van der Waals surface area contributed by atoms with Crippen LogP contribution in [-0.4, -0.2) is 20.0 Å². The molecule has 0 unspecified atom stereocenters. The van der Waals surface area contributed by atoms with Crippen molar-refractivity contribution in [3.63, 3.8) is 0 Å². The maximum absolute atomic E-state index is 13.8. The number of nitrogens with one attached hydrogen (secondary N) is 1. The van der Waals surface area contributed by atoms with Crippen molar-refractivity contribution >= 4 is 33.2 Å². The quantitative estimate of drug-likeness (QED) is 0.921. The maximum atomic E-state index is 13.8. The third kappa shape index (κ3) is 2.99. The van der Waals surface area contributed by atoms with Gasteiger partial charge in [0, 0.05) is 29.8 Å². The predicted octanol–water partition coefficient (Wildman–Crippen LogP) is 3.91. The van der Waals surface area contributed by atoms with Crippen LogP contribution in [0.3, 0.4) is 0 Å². The van der Waals surface area contributed by atoms with Gasteiger partial charge in [0.15, 0.2) is 0 Å². The first-order valence-corrected chi connectivity index (χ1v) is 6.83. The molecule has 0 aliphatic heterocycles. The second kappa shape index (κ2) is 6.05. The molecule has 0 saturated carbocycles. The van der Waals surface area contributed by atoms with E-state index in [0.29, 0.717) is 5.56 Å². The molecule has 0 radical (unpaired) electrons. The monoisotopic (exact) mass is 336 g/mol. The zero-order valence-electron chi connectivity index (χ0n) is 11.2. The standard InChI is InChI=1S/C15H14BrFN2O/c1-18-12-5-3-4-10(8-12)15(20)19(2)14-9-11(16)6-7-13(14)17/h3-9,18H,1-2H3. The molecule has 0 saturated heterocycles. The second-order valence-electron chi connectivity index (χ2n) is 4.29. The van der Waals surface area contributed by atoms with E-state index in [9.17, 15) is 9.18 Å². The molecule has 0 bridgehead atoms. The first kappa shape index (κ1) is 14.5. The van der Waals surface area contributed by atoms with Crippen LogP contribution >= 0.6 is 15.9 Å². The Morgan fingerprint density at radius 3 is 2.70 bits per heavy atom. The molecule has 104 valence electrons. The number of nitrogens with zero attached hydrogens (tertiary/aromatic N) is 1. The molecule has 0 atom stereocenters. The first-order chi connectivity index (χ1) is 9.52. The van der Waals surface area contributed by atoms with Gasteiger partial charge in [-0.25, -0.2) is 4.39 Å². The molecular formula is C15H14BrFN2O. The summed E-state index contributed by atoms with van der Waals surface area (Å²) < 4.78 is 14.5. The molecule has 0 spiro atoms. The fourth-order valence-electron chi connectivity index (χ4n) is 1.85. The predicted molar refractivity (Wildman–Crippen MR) is 82.8 cm³/mol. The third-order valence-electron chi connectivity index (χ3n) is 2.97. The van der Waals surface area contributed by atoms with Gasteiger partial charge in [-0.05, 0) is 36.4 Å². The molecule has 0 fully saturated rings. The molecule has 5 heteroatoms. The minimum absolute atomic E-state index is 0.235. The lowest BCUT2D eigenvalue weighted by atomic mass is 10.1. The van der Waals surface area contributed by atoms with Crippen LogP contribution in [0.15, 0.2) is 46.9 Å². The van der Waals surface area contributed by atoms with Gasteiger partial charge in [-0.1, -0.05) is 22.0 Å². The Morgan fingerprint density at radius 1 is 1.25 bits per heavy atom. The molecule has 1 N–H and O–H groups in total. The van der Waals surface area contributed by atoms with Crippen LogP contribution in [0, 0.1) is 5.82 Å². The molecule has 2 aromatic rings. The van der Waals surface area contributed by atoms with Crippen LogP contribution in [-0.2, 0) is 0 Å². The lowest BCUT2D eigenvalue weighted by molar-refractivity contribution is 0.0992. The Balaban J connectivity index is 2.34. The Labute approximate surface area is 125 Å². The van der Waals surface area contributed by atoms with Crippen molar-refractivity contribution in [1.82, 2.24) is 0 Å². The Bertz CT molecular complexity index is 646.